The molecule has 0 fully saturated rings. The molecule has 3 heteroatoms. The van der Waals surface area contributed by atoms with Gasteiger partial charge in [0.05, 0.1) is 7.11 Å². The highest BCUT2D eigenvalue weighted by molar-refractivity contribution is 5.45. The molecule has 0 bridgehead atoms. The second-order valence-electron chi connectivity index (χ2n) is 4.31. The van der Waals surface area contributed by atoms with Crippen molar-refractivity contribution in [2.75, 3.05) is 7.11 Å². The van der Waals surface area contributed by atoms with Crippen LogP contribution in [0.1, 0.15) is 24.9 Å². The molecule has 0 saturated heterocycles. The molecule has 2 N–H and O–H groups in total. The molecule has 0 radical (unpaired) electrons. The number of ether oxygens (including phenoxy) is 2. The Labute approximate surface area is 114 Å². The van der Waals surface area contributed by atoms with Gasteiger partial charge in [-0.05, 0) is 24.6 Å². The third kappa shape index (κ3) is 3.06. The van der Waals surface area contributed by atoms with Gasteiger partial charge >= 0.3 is 0 Å². The van der Waals surface area contributed by atoms with Gasteiger partial charge in [-0.25, -0.2) is 0 Å². The Hall–Kier alpha value is -2.00. The van der Waals surface area contributed by atoms with Gasteiger partial charge in [0.25, 0.3) is 0 Å². The maximum atomic E-state index is 6.11. The topological polar surface area (TPSA) is 44.5 Å². The van der Waals surface area contributed by atoms with Crippen LogP contribution >= 0.6 is 0 Å². The molecule has 3 nitrogen and oxygen atoms in total. The Morgan fingerprint density at radius 2 is 1.53 bits per heavy atom. The van der Waals surface area contributed by atoms with Crippen LogP contribution < -0.4 is 15.2 Å². The van der Waals surface area contributed by atoms with Gasteiger partial charge < -0.3 is 15.2 Å². The zero-order valence-corrected chi connectivity index (χ0v) is 11.3. The predicted molar refractivity (Wildman–Crippen MR) is 76.7 cm³/mol. The SMILES string of the molecule is CC[C@H](N)c1ccccc1Oc1ccccc1OC. The van der Waals surface area contributed by atoms with E-state index in [0.29, 0.717) is 11.5 Å². The summed E-state index contributed by atoms with van der Waals surface area (Å²) in [5, 5.41) is 0. The lowest BCUT2D eigenvalue weighted by Crippen LogP contribution is -2.09. The summed E-state index contributed by atoms with van der Waals surface area (Å²) in [5.41, 5.74) is 7.12. The monoisotopic (exact) mass is 257 g/mol. The minimum absolute atomic E-state index is 0.0223. The first kappa shape index (κ1) is 13.4. The lowest BCUT2D eigenvalue weighted by atomic mass is 10.0. The molecule has 0 unspecified atom stereocenters. The molecule has 0 aromatic heterocycles. The third-order valence-electron chi connectivity index (χ3n) is 3.05. The highest BCUT2D eigenvalue weighted by atomic mass is 16.5. The van der Waals surface area contributed by atoms with Crippen molar-refractivity contribution in [2.24, 2.45) is 5.73 Å². The van der Waals surface area contributed by atoms with E-state index in [1.54, 1.807) is 7.11 Å². The van der Waals surface area contributed by atoms with Crippen molar-refractivity contribution in [3.63, 3.8) is 0 Å². The van der Waals surface area contributed by atoms with Crippen LogP contribution in [0.4, 0.5) is 0 Å². The van der Waals surface area contributed by atoms with E-state index in [9.17, 15) is 0 Å². The summed E-state index contributed by atoms with van der Waals surface area (Å²) in [6, 6.07) is 15.4. The van der Waals surface area contributed by atoms with Crippen LogP contribution in [0.5, 0.6) is 17.2 Å². The fraction of sp³-hybridized carbons (Fsp3) is 0.250. The predicted octanol–water partition coefficient (Wildman–Crippen LogP) is 3.90. The number of nitrogens with two attached hydrogens (primary N) is 1. The van der Waals surface area contributed by atoms with Gasteiger partial charge in [-0.1, -0.05) is 37.3 Å². The van der Waals surface area contributed by atoms with E-state index >= 15 is 0 Å². The fourth-order valence-corrected chi connectivity index (χ4v) is 1.92. The van der Waals surface area contributed by atoms with Gasteiger partial charge in [-0.3, -0.25) is 0 Å². The molecule has 0 heterocycles. The van der Waals surface area contributed by atoms with E-state index in [2.05, 4.69) is 6.92 Å². The van der Waals surface area contributed by atoms with Crippen LogP contribution in [0, 0.1) is 0 Å². The van der Waals surface area contributed by atoms with Crippen molar-refractivity contribution in [3.05, 3.63) is 54.1 Å². The third-order valence-corrected chi connectivity index (χ3v) is 3.05. The van der Waals surface area contributed by atoms with Gasteiger partial charge in [0.15, 0.2) is 11.5 Å². The minimum Gasteiger partial charge on any atom is -0.493 e. The van der Waals surface area contributed by atoms with Crippen LogP contribution in [0.3, 0.4) is 0 Å². The quantitative estimate of drug-likeness (QED) is 0.883. The van der Waals surface area contributed by atoms with E-state index in [1.165, 1.54) is 0 Å². The molecule has 2 aromatic rings. The summed E-state index contributed by atoms with van der Waals surface area (Å²) >= 11 is 0. The van der Waals surface area contributed by atoms with E-state index in [4.69, 9.17) is 15.2 Å². The van der Waals surface area contributed by atoms with Gasteiger partial charge in [0.2, 0.25) is 0 Å². The molecule has 1 atom stereocenters. The van der Waals surface area contributed by atoms with E-state index in [0.717, 1.165) is 17.7 Å². The second kappa shape index (κ2) is 6.25. The van der Waals surface area contributed by atoms with Crippen molar-refractivity contribution in [1.82, 2.24) is 0 Å². The van der Waals surface area contributed by atoms with Crippen LogP contribution in [0.15, 0.2) is 48.5 Å². The van der Waals surface area contributed by atoms with Crippen LogP contribution in [-0.2, 0) is 0 Å². The minimum atomic E-state index is -0.0223. The fourth-order valence-electron chi connectivity index (χ4n) is 1.92. The first-order valence-corrected chi connectivity index (χ1v) is 6.41. The normalized spacial score (nSPS) is 11.9. The number of hydrogen-bond donors (Lipinski definition) is 1. The summed E-state index contributed by atoms with van der Waals surface area (Å²) in [6.07, 6.45) is 0.867. The van der Waals surface area contributed by atoms with Crippen LogP contribution in [-0.4, -0.2) is 7.11 Å². The summed E-state index contributed by atoms with van der Waals surface area (Å²) in [4.78, 5) is 0. The number of hydrogen-bond acceptors (Lipinski definition) is 3. The molecular weight excluding hydrogens is 238 g/mol. The first-order valence-electron chi connectivity index (χ1n) is 6.41. The van der Waals surface area contributed by atoms with Gasteiger partial charge in [-0.15, -0.1) is 0 Å². The zero-order chi connectivity index (χ0) is 13.7. The Bertz CT molecular complexity index is 540. The molecule has 100 valence electrons. The largest absolute Gasteiger partial charge is 0.493 e. The summed E-state index contributed by atoms with van der Waals surface area (Å²) in [7, 11) is 1.63. The maximum Gasteiger partial charge on any atom is 0.169 e. The molecule has 0 aliphatic carbocycles. The second-order valence-corrected chi connectivity index (χ2v) is 4.31. The Kier molecular flexibility index (Phi) is 4.42. The van der Waals surface area contributed by atoms with E-state index in [-0.39, 0.29) is 6.04 Å². The zero-order valence-electron chi connectivity index (χ0n) is 11.3. The summed E-state index contributed by atoms with van der Waals surface area (Å²) in [6.45, 7) is 2.06. The molecule has 19 heavy (non-hydrogen) atoms. The Morgan fingerprint density at radius 1 is 0.947 bits per heavy atom. The number of rotatable bonds is 5. The van der Waals surface area contributed by atoms with Gasteiger partial charge in [0, 0.05) is 11.6 Å². The number of benzene rings is 2. The van der Waals surface area contributed by atoms with Crippen molar-refractivity contribution in [1.29, 1.82) is 0 Å². The Balaban J connectivity index is 2.33. The highest BCUT2D eigenvalue weighted by Gasteiger charge is 2.12. The van der Waals surface area contributed by atoms with Crippen molar-refractivity contribution >= 4 is 0 Å². The molecule has 2 aromatic carbocycles. The summed E-state index contributed by atoms with van der Waals surface area (Å²) < 4.78 is 11.2. The van der Waals surface area contributed by atoms with E-state index < -0.39 is 0 Å². The molecule has 0 amide bonds. The Morgan fingerprint density at radius 3 is 2.16 bits per heavy atom. The average Bonchev–Trinajstić information content (AvgIpc) is 2.47. The molecule has 2 rings (SSSR count). The van der Waals surface area contributed by atoms with Crippen molar-refractivity contribution in [2.45, 2.75) is 19.4 Å². The van der Waals surface area contributed by atoms with Crippen LogP contribution in [0.25, 0.3) is 0 Å². The molecule has 0 aliphatic heterocycles. The van der Waals surface area contributed by atoms with E-state index in [1.807, 2.05) is 48.5 Å². The van der Waals surface area contributed by atoms with Crippen LogP contribution in [0.2, 0.25) is 0 Å². The van der Waals surface area contributed by atoms with Crippen molar-refractivity contribution in [3.8, 4) is 17.2 Å². The summed E-state index contributed by atoms with van der Waals surface area (Å²) in [5.74, 6) is 2.18. The number of para-hydroxylation sites is 3. The number of methoxy groups -OCH3 is 1. The first-order chi connectivity index (χ1) is 9.26. The highest BCUT2D eigenvalue weighted by Crippen LogP contribution is 2.34. The lowest BCUT2D eigenvalue weighted by molar-refractivity contribution is 0.376. The lowest BCUT2D eigenvalue weighted by Gasteiger charge is -2.16. The smallest absolute Gasteiger partial charge is 0.169 e. The standard InChI is InChI=1S/C16H19NO2/c1-3-13(17)12-8-4-5-9-14(12)19-16-11-7-6-10-15(16)18-2/h4-11,13H,3,17H2,1-2H3/t13-/m0/s1. The maximum absolute atomic E-state index is 6.11. The van der Waals surface area contributed by atoms with Gasteiger partial charge in [-0.2, -0.15) is 0 Å². The molecule has 0 aliphatic rings. The molecule has 0 saturated carbocycles. The average molecular weight is 257 g/mol. The van der Waals surface area contributed by atoms with Crippen molar-refractivity contribution < 1.29 is 9.47 Å². The van der Waals surface area contributed by atoms with Gasteiger partial charge in [0.1, 0.15) is 5.75 Å². The molecule has 0 spiro atoms. The molecular formula is C16H19NO2.